The quantitative estimate of drug-likeness (QED) is 0.0952. The number of hydrogen-bond donors (Lipinski definition) is 3. The summed E-state index contributed by atoms with van der Waals surface area (Å²) in [6.45, 7) is 1.88. The molecule has 0 aromatic heterocycles. The number of hydrazine groups is 1. The number of hydrazone groups is 1. The summed E-state index contributed by atoms with van der Waals surface area (Å²) in [5.41, 5.74) is 11.1. The number of ether oxygens (including phenoxy) is 2. The molecule has 0 bridgehead atoms. The van der Waals surface area contributed by atoms with Crippen LogP contribution in [0.3, 0.4) is 0 Å². The Kier molecular flexibility index (Phi) is 16.1. The number of carbonyl (C=O) groups is 1. The topological polar surface area (TPSA) is 109 Å². The monoisotopic (exact) mass is 681 g/mol. The van der Waals surface area contributed by atoms with Crippen molar-refractivity contribution in [3.63, 3.8) is 0 Å². The van der Waals surface area contributed by atoms with Crippen LogP contribution in [0.1, 0.15) is 6.92 Å². The Morgan fingerprint density at radius 2 is 1.51 bits per heavy atom. The van der Waals surface area contributed by atoms with E-state index in [1.165, 1.54) is 12.4 Å². The molecule has 1 aliphatic rings. The zero-order valence-electron chi connectivity index (χ0n) is 20.8. The van der Waals surface area contributed by atoms with Crippen molar-refractivity contribution in [1.82, 2.24) is 16.3 Å². The van der Waals surface area contributed by atoms with Crippen LogP contribution in [0, 0.1) is 0 Å². The van der Waals surface area contributed by atoms with Crippen molar-refractivity contribution in [3.05, 3.63) is 83.6 Å². The smallest absolute Gasteiger partial charge is 1.00 e. The molecule has 0 saturated heterocycles. The molecule has 0 aliphatic heterocycles. The molecular formula is C25H24ClCu2N6O3S2. The molecule has 2 aromatic carbocycles. The van der Waals surface area contributed by atoms with Crippen molar-refractivity contribution in [2.45, 2.75) is 6.92 Å². The van der Waals surface area contributed by atoms with Crippen LogP contribution in [-0.2, 0) is 62.2 Å². The summed E-state index contributed by atoms with van der Waals surface area (Å²) in [5.74, 6) is 1.11. The van der Waals surface area contributed by atoms with E-state index in [-0.39, 0.29) is 33.2 Å². The molecule has 0 heterocycles. The van der Waals surface area contributed by atoms with E-state index in [9.17, 15) is 4.79 Å². The van der Waals surface area contributed by atoms with Gasteiger partial charge >= 0.3 is 42.3 Å². The number of rotatable bonds is 8. The number of ketones is 1. The summed E-state index contributed by atoms with van der Waals surface area (Å²) in [4.78, 5) is 21.4. The second-order valence-corrected chi connectivity index (χ2v) is 8.07. The van der Waals surface area contributed by atoms with Gasteiger partial charge in [0, 0.05) is 34.6 Å². The number of Topliss-reactive ketones (excluding diaryl/α,β-unsaturated/α-hetero) is 1. The van der Waals surface area contributed by atoms with Crippen LogP contribution in [0.15, 0.2) is 98.7 Å². The van der Waals surface area contributed by atoms with Gasteiger partial charge in [0.25, 0.3) is 0 Å². The van der Waals surface area contributed by atoms with Gasteiger partial charge in [-0.25, -0.2) is 0 Å². The maximum absolute atomic E-state index is 12.8. The van der Waals surface area contributed by atoms with Gasteiger partial charge in [-0.05, 0) is 54.1 Å². The molecule has 0 amide bonds. The minimum atomic E-state index is -0.230. The first-order valence-corrected chi connectivity index (χ1v) is 12.9. The standard InChI is InChI=1S/C25H26N6O3S2.ClH.2Cu/c1-16-10-17(14-26-30-24(35)28-19-6-4-8-21(12-19)33-2)23(32)18(11-16)15-27-31-25(36)29-20-7-5-9-22(13-20)34-3;;;/h4-15,26H,1-3H3,(H2,28,30,35)(H2,29,31,36);1H;;/q;;+1;+2/p-3/b17-14-,27-15-;;;. The second kappa shape index (κ2) is 18.4. The number of carbonyl (C=O) groups excluding carboxylic acids is 1. The van der Waals surface area contributed by atoms with Gasteiger partial charge in [-0.1, -0.05) is 12.1 Å². The number of hydrogen-bond acceptors (Lipinski definition) is 9. The molecule has 0 atom stereocenters. The summed E-state index contributed by atoms with van der Waals surface area (Å²) in [5, 5.41) is 4.39. The van der Waals surface area contributed by atoms with Crippen LogP contribution in [0.5, 0.6) is 11.5 Å². The Hall–Kier alpha value is -2.89. The molecule has 39 heavy (non-hydrogen) atoms. The molecule has 3 N–H and O–H groups in total. The van der Waals surface area contributed by atoms with E-state index in [1.54, 1.807) is 56.7 Å². The van der Waals surface area contributed by atoms with E-state index in [4.69, 9.17) is 34.7 Å². The second-order valence-electron chi connectivity index (χ2n) is 7.29. The first kappa shape index (κ1) is 34.1. The maximum atomic E-state index is 12.8. The molecule has 14 heteroatoms. The van der Waals surface area contributed by atoms with Gasteiger partial charge in [0.15, 0.2) is 5.78 Å². The summed E-state index contributed by atoms with van der Waals surface area (Å²) >= 11 is 14.1. The number of nitrogens with zero attached hydrogens (tertiary/aromatic N) is 3. The van der Waals surface area contributed by atoms with Crippen LogP contribution in [-0.4, -0.2) is 36.6 Å². The Labute approximate surface area is 261 Å². The number of methoxy groups -OCH3 is 2. The van der Waals surface area contributed by atoms with Gasteiger partial charge in [-0.3, -0.25) is 20.2 Å². The molecule has 2 aromatic rings. The summed E-state index contributed by atoms with van der Waals surface area (Å²) in [6, 6.07) is 14.3. The van der Waals surface area contributed by atoms with Crippen molar-refractivity contribution in [1.29, 1.82) is 0 Å². The van der Waals surface area contributed by atoms with Crippen LogP contribution < -0.4 is 25.8 Å². The molecule has 1 aliphatic carbocycles. The van der Waals surface area contributed by atoms with Gasteiger partial charge in [0.1, 0.15) is 11.5 Å². The largest absolute Gasteiger partial charge is 1.00 e. The summed E-state index contributed by atoms with van der Waals surface area (Å²) in [7, 11) is 7.36. The zero-order chi connectivity index (χ0) is 27.9. The van der Waals surface area contributed by atoms with Gasteiger partial charge in [-0.2, -0.15) is 5.10 Å². The zero-order valence-corrected chi connectivity index (χ0v) is 25.1. The van der Waals surface area contributed by atoms with E-state index < -0.39 is 0 Å². The van der Waals surface area contributed by atoms with Gasteiger partial charge in [-0.15, -0.1) is 0 Å². The average molecular weight is 683 g/mol. The minimum Gasteiger partial charge on any atom is 1.00 e. The Balaban J connectivity index is 0.00000248. The van der Waals surface area contributed by atoms with Crippen molar-refractivity contribution >= 4 is 69.1 Å². The number of benzene rings is 2. The van der Waals surface area contributed by atoms with Crippen molar-refractivity contribution in [2.24, 2.45) is 15.1 Å². The molecule has 213 valence electrons. The fraction of sp³-hybridized carbons (Fsp3) is 0.120. The number of nitrogens with one attached hydrogen (secondary N) is 3. The molecule has 0 radical (unpaired) electrons. The van der Waals surface area contributed by atoms with Crippen molar-refractivity contribution < 1.29 is 46.4 Å². The van der Waals surface area contributed by atoms with Crippen LogP contribution >= 0.6 is 10.1 Å². The normalized spacial score (nSPS) is 14.4. The number of allylic oxidation sites excluding steroid dienone is 5. The third-order valence-electron chi connectivity index (χ3n) is 4.63. The number of aliphatic imine (C=N–C) groups is 2. The maximum Gasteiger partial charge on any atom is 1.00 e. The summed E-state index contributed by atoms with van der Waals surface area (Å²) < 4.78 is 10.3. The molecule has 3 rings (SSSR count). The molecule has 0 unspecified atom stereocenters. The molecule has 0 saturated carbocycles. The third kappa shape index (κ3) is 11.8. The number of amidine groups is 2. The van der Waals surface area contributed by atoms with Gasteiger partial charge in [0.05, 0.1) is 31.8 Å². The van der Waals surface area contributed by atoms with E-state index in [0.717, 1.165) is 5.57 Å². The van der Waals surface area contributed by atoms with Gasteiger partial charge < -0.3 is 45.6 Å². The first-order chi connectivity index (χ1) is 18.4. The van der Waals surface area contributed by atoms with Crippen molar-refractivity contribution in [2.75, 3.05) is 14.2 Å². The van der Waals surface area contributed by atoms with E-state index in [1.807, 2.05) is 25.1 Å². The first-order valence-electron chi connectivity index (χ1n) is 10.7. The van der Waals surface area contributed by atoms with Crippen molar-refractivity contribution in [3.8, 4) is 11.5 Å². The van der Waals surface area contributed by atoms with Crippen LogP contribution in [0.2, 0.25) is 0 Å². The molecule has 0 spiro atoms. The molecule has 0 fully saturated rings. The van der Waals surface area contributed by atoms with E-state index >= 15 is 0 Å². The van der Waals surface area contributed by atoms with Crippen LogP contribution in [0.25, 0.3) is 0 Å². The summed E-state index contributed by atoms with van der Waals surface area (Å²) in [6.07, 6.45) is 6.38. The van der Waals surface area contributed by atoms with E-state index in [0.29, 0.717) is 34.0 Å². The Morgan fingerprint density at radius 1 is 0.949 bits per heavy atom. The van der Waals surface area contributed by atoms with E-state index in [2.05, 4.69) is 56.6 Å². The average Bonchev–Trinajstić information content (AvgIpc) is 2.92. The third-order valence-corrected chi connectivity index (χ3v) is 5.01. The predicted molar refractivity (Wildman–Crippen MR) is 154 cm³/mol. The van der Waals surface area contributed by atoms with Gasteiger partial charge in [0.2, 0.25) is 0 Å². The number of halogens is 1. The Bertz CT molecular complexity index is 1320. The molecular weight excluding hydrogens is 659 g/mol. The van der Waals surface area contributed by atoms with Crippen LogP contribution in [0.4, 0.5) is 11.4 Å². The molecule has 9 nitrogen and oxygen atoms in total. The fourth-order valence-corrected chi connectivity index (χ4v) is 3.34. The fourth-order valence-electron chi connectivity index (χ4n) is 3.01. The minimum absolute atomic E-state index is 0. The Morgan fingerprint density at radius 3 is 2.08 bits per heavy atom. The predicted octanol–water partition coefficient (Wildman–Crippen LogP) is 4.17. The SMILES string of the molecule is COc1cccc(N=C([S-])N/N=C\C2=CC(C)=C/C(=C/NNC([S-])=Nc3cccc(OC)c3)C2=O)c1.[Cl][Cu+].[Cu+].